The molecule has 0 unspecified atom stereocenters. The van der Waals surface area contributed by atoms with Gasteiger partial charge in [0.15, 0.2) is 0 Å². The Balaban J connectivity index is 2.99. The Hall–Kier alpha value is -1.88. The molecule has 5 heteroatoms. The van der Waals surface area contributed by atoms with Gasteiger partial charge < -0.3 is 15.4 Å². The predicted molar refractivity (Wildman–Crippen MR) is 78.9 cm³/mol. The van der Waals surface area contributed by atoms with Crippen LogP contribution in [-0.4, -0.2) is 31.1 Å². The minimum atomic E-state index is -0.678. The summed E-state index contributed by atoms with van der Waals surface area (Å²) in [7, 11) is 1.33. The maximum Gasteiger partial charge on any atom is 0.338 e. The topological polar surface area (TPSA) is 67.4 Å². The van der Waals surface area contributed by atoms with E-state index in [1.807, 2.05) is 20.8 Å². The number of ether oxygens (including phenoxy) is 1. The van der Waals surface area contributed by atoms with Crippen molar-refractivity contribution in [3.63, 3.8) is 0 Å². The highest BCUT2D eigenvalue weighted by molar-refractivity contribution is 6.00. The van der Waals surface area contributed by atoms with E-state index in [9.17, 15) is 9.59 Å². The fourth-order valence-corrected chi connectivity index (χ4v) is 1.90. The fraction of sp³-hybridized carbons (Fsp3) is 0.467. The number of amides is 1. The third-order valence-electron chi connectivity index (χ3n) is 3.17. The summed E-state index contributed by atoms with van der Waals surface area (Å²) < 4.78 is 4.72. The lowest BCUT2D eigenvalue weighted by atomic mass is 10.0. The maximum atomic E-state index is 12.2. The van der Waals surface area contributed by atoms with E-state index < -0.39 is 11.5 Å². The molecule has 0 fully saturated rings. The van der Waals surface area contributed by atoms with Gasteiger partial charge in [0.1, 0.15) is 0 Å². The van der Waals surface area contributed by atoms with E-state index in [0.29, 0.717) is 23.4 Å². The van der Waals surface area contributed by atoms with E-state index in [4.69, 9.17) is 4.74 Å². The molecule has 0 aromatic heterocycles. The van der Waals surface area contributed by atoms with Gasteiger partial charge in [-0.15, -0.1) is 0 Å². The van der Waals surface area contributed by atoms with Crippen molar-refractivity contribution in [3.8, 4) is 0 Å². The van der Waals surface area contributed by atoms with Crippen LogP contribution in [0.5, 0.6) is 0 Å². The second kappa shape index (κ2) is 6.52. The summed E-state index contributed by atoms with van der Waals surface area (Å²) in [5.41, 5.74) is 1.08. The number of rotatable bonds is 5. The summed E-state index contributed by atoms with van der Waals surface area (Å²) in [6.45, 7) is 8.04. The maximum absolute atomic E-state index is 12.2. The molecule has 0 radical (unpaired) electrons. The summed E-state index contributed by atoms with van der Waals surface area (Å²) in [4.78, 5) is 23.9. The molecule has 20 heavy (non-hydrogen) atoms. The summed E-state index contributed by atoms with van der Waals surface area (Å²) in [5, 5.41) is 5.95. The highest BCUT2D eigenvalue weighted by Crippen LogP contribution is 2.20. The zero-order valence-corrected chi connectivity index (χ0v) is 12.7. The van der Waals surface area contributed by atoms with Gasteiger partial charge in [0.05, 0.1) is 18.2 Å². The van der Waals surface area contributed by atoms with Gasteiger partial charge in [-0.05, 0) is 45.0 Å². The van der Waals surface area contributed by atoms with Gasteiger partial charge in [-0.3, -0.25) is 4.79 Å². The first kappa shape index (κ1) is 16.2. The number of benzene rings is 1. The number of nitrogens with one attached hydrogen (secondary N) is 2. The zero-order valence-electron chi connectivity index (χ0n) is 12.7. The van der Waals surface area contributed by atoms with Crippen LogP contribution in [0.15, 0.2) is 18.2 Å². The summed E-state index contributed by atoms with van der Waals surface area (Å²) >= 11 is 0. The number of hydrogen-bond acceptors (Lipinski definition) is 4. The molecule has 0 heterocycles. The standard InChI is InChI=1S/C15H22N2O3/c1-6-16-15(3,4)14(19)17-12-9-7-8-11(10(12)2)13(18)20-5/h7-9,16H,6H2,1-5H3,(H,17,19). The number of carbonyl (C=O) groups excluding carboxylic acids is 2. The quantitative estimate of drug-likeness (QED) is 0.809. The smallest absolute Gasteiger partial charge is 0.338 e. The van der Waals surface area contributed by atoms with Crippen LogP contribution in [0.2, 0.25) is 0 Å². The monoisotopic (exact) mass is 278 g/mol. The van der Waals surface area contributed by atoms with Gasteiger partial charge in [-0.25, -0.2) is 4.79 Å². The fourth-order valence-electron chi connectivity index (χ4n) is 1.90. The van der Waals surface area contributed by atoms with Crippen molar-refractivity contribution in [2.45, 2.75) is 33.2 Å². The lowest BCUT2D eigenvalue weighted by molar-refractivity contribution is -0.121. The Morgan fingerprint density at radius 1 is 1.30 bits per heavy atom. The molecular weight excluding hydrogens is 256 g/mol. The van der Waals surface area contributed by atoms with Crippen LogP contribution in [0, 0.1) is 6.92 Å². The minimum Gasteiger partial charge on any atom is -0.465 e. The van der Waals surface area contributed by atoms with Gasteiger partial charge in [0.25, 0.3) is 0 Å². The second-order valence-corrected chi connectivity index (χ2v) is 5.08. The lowest BCUT2D eigenvalue weighted by Crippen LogP contribution is -2.49. The molecule has 0 bridgehead atoms. The molecule has 0 aliphatic heterocycles. The van der Waals surface area contributed by atoms with Gasteiger partial charge in [0, 0.05) is 5.69 Å². The van der Waals surface area contributed by atoms with Gasteiger partial charge >= 0.3 is 5.97 Å². The van der Waals surface area contributed by atoms with Crippen molar-refractivity contribution in [2.24, 2.45) is 0 Å². The van der Waals surface area contributed by atoms with Gasteiger partial charge in [-0.1, -0.05) is 13.0 Å². The predicted octanol–water partition coefficient (Wildman–Crippen LogP) is 2.11. The SMILES string of the molecule is CCNC(C)(C)C(=O)Nc1cccc(C(=O)OC)c1C. The van der Waals surface area contributed by atoms with Crippen molar-refractivity contribution >= 4 is 17.6 Å². The van der Waals surface area contributed by atoms with Crippen LogP contribution in [0.3, 0.4) is 0 Å². The molecular formula is C15H22N2O3. The summed E-state index contributed by atoms with van der Waals surface area (Å²) in [5.74, 6) is -0.561. The molecule has 0 aliphatic carbocycles. The van der Waals surface area contributed by atoms with Crippen LogP contribution in [0.25, 0.3) is 0 Å². The summed E-state index contributed by atoms with van der Waals surface area (Å²) in [6.07, 6.45) is 0. The number of hydrogen-bond donors (Lipinski definition) is 2. The lowest BCUT2D eigenvalue weighted by Gasteiger charge is -2.25. The van der Waals surface area contributed by atoms with Crippen molar-refractivity contribution in [2.75, 3.05) is 19.0 Å². The van der Waals surface area contributed by atoms with Crippen LogP contribution in [0.4, 0.5) is 5.69 Å². The minimum absolute atomic E-state index is 0.149. The number of carbonyl (C=O) groups is 2. The van der Waals surface area contributed by atoms with Gasteiger partial charge in [-0.2, -0.15) is 0 Å². The van der Waals surface area contributed by atoms with Crippen LogP contribution >= 0.6 is 0 Å². The van der Waals surface area contributed by atoms with E-state index in [1.54, 1.807) is 25.1 Å². The molecule has 0 spiro atoms. The average Bonchev–Trinajstić information content (AvgIpc) is 2.40. The Kier molecular flexibility index (Phi) is 5.27. The molecule has 110 valence electrons. The third-order valence-corrected chi connectivity index (χ3v) is 3.17. The largest absolute Gasteiger partial charge is 0.465 e. The number of methoxy groups -OCH3 is 1. The van der Waals surface area contributed by atoms with E-state index in [0.717, 1.165) is 0 Å². The second-order valence-electron chi connectivity index (χ2n) is 5.08. The highest BCUT2D eigenvalue weighted by Gasteiger charge is 2.26. The molecule has 0 atom stereocenters. The van der Waals surface area contributed by atoms with E-state index >= 15 is 0 Å². The van der Waals surface area contributed by atoms with E-state index in [-0.39, 0.29) is 5.91 Å². The molecule has 1 amide bonds. The Labute approximate surface area is 119 Å². The third kappa shape index (κ3) is 3.57. The Morgan fingerprint density at radius 2 is 1.95 bits per heavy atom. The highest BCUT2D eigenvalue weighted by atomic mass is 16.5. The first-order chi connectivity index (χ1) is 9.33. The van der Waals surface area contributed by atoms with E-state index in [1.165, 1.54) is 7.11 Å². The summed E-state index contributed by atoms with van der Waals surface area (Å²) in [6, 6.07) is 5.16. The van der Waals surface area contributed by atoms with Crippen LogP contribution < -0.4 is 10.6 Å². The molecule has 0 aliphatic rings. The first-order valence-electron chi connectivity index (χ1n) is 6.58. The van der Waals surface area contributed by atoms with Crippen molar-refractivity contribution in [3.05, 3.63) is 29.3 Å². The van der Waals surface area contributed by atoms with Crippen LogP contribution in [0.1, 0.15) is 36.7 Å². The van der Waals surface area contributed by atoms with E-state index in [2.05, 4.69) is 10.6 Å². The molecule has 0 saturated heterocycles. The van der Waals surface area contributed by atoms with Crippen LogP contribution in [-0.2, 0) is 9.53 Å². The first-order valence-corrected chi connectivity index (χ1v) is 6.58. The van der Waals surface area contributed by atoms with Crippen molar-refractivity contribution < 1.29 is 14.3 Å². The Morgan fingerprint density at radius 3 is 2.50 bits per heavy atom. The normalized spacial score (nSPS) is 11.1. The molecule has 1 aromatic rings. The van der Waals surface area contributed by atoms with Crippen molar-refractivity contribution in [1.82, 2.24) is 5.32 Å². The van der Waals surface area contributed by atoms with Gasteiger partial charge in [0.2, 0.25) is 5.91 Å². The Bertz CT molecular complexity index is 510. The number of esters is 1. The molecule has 1 aromatic carbocycles. The molecule has 0 saturated carbocycles. The average molecular weight is 278 g/mol. The molecule has 2 N–H and O–H groups in total. The number of likely N-dealkylation sites (N-methyl/N-ethyl adjacent to an activating group) is 1. The number of anilines is 1. The molecule has 1 rings (SSSR count). The van der Waals surface area contributed by atoms with Crippen molar-refractivity contribution in [1.29, 1.82) is 0 Å². The molecule has 5 nitrogen and oxygen atoms in total. The zero-order chi connectivity index (χ0) is 15.3.